The first-order chi connectivity index (χ1) is 9.11. The first-order valence-electron chi connectivity index (χ1n) is 6.53. The van der Waals surface area contributed by atoms with Crippen molar-refractivity contribution >= 4 is 10.9 Å². The molecule has 1 aromatic heterocycles. The molecule has 2 heterocycles. The van der Waals surface area contributed by atoms with E-state index in [0.717, 1.165) is 24.0 Å². The molecule has 5 heteroatoms. The van der Waals surface area contributed by atoms with Gasteiger partial charge in [-0.25, -0.2) is 4.79 Å². The van der Waals surface area contributed by atoms with Gasteiger partial charge in [0.05, 0.1) is 16.9 Å². The summed E-state index contributed by atoms with van der Waals surface area (Å²) in [6, 6.07) is 5.54. The largest absolute Gasteiger partial charge is 0.331 e. The van der Waals surface area contributed by atoms with Crippen LogP contribution >= 0.6 is 0 Å². The third kappa shape index (κ3) is 1.73. The van der Waals surface area contributed by atoms with E-state index in [1.807, 2.05) is 19.1 Å². The van der Waals surface area contributed by atoms with Crippen LogP contribution in [0, 0.1) is 6.92 Å². The number of nitrogens with one attached hydrogen (secondary N) is 1. The minimum atomic E-state index is -0.222. The van der Waals surface area contributed by atoms with Crippen LogP contribution in [0.1, 0.15) is 18.0 Å². The number of hydrogen-bond acceptors (Lipinski definition) is 3. The highest BCUT2D eigenvalue weighted by Gasteiger charge is 2.22. The molecule has 19 heavy (non-hydrogen) atoms. The molecule has 2 aromatic rings. The van der Waals surface area contributed by atoms with Gasteiger partial charge in [0, 0.05) is 13.6 Å². The van der Waals surface area contributed by atoms with E-state index in [2.05, 4.69) is 5.32 Å². The lowest BCUT2D eigenvalue weighted by atomic mass is 10.1. The molecule has 0 aliphatic carbocycles. The van der Waals surface area contributed by atoms with Gasteiger partial charge < -0.3 is 5.32 Å². The molecule has 1 unspecified atom stereocenters. The summed E-state index contributed by atoms with van der Waals surface area (Å²) in [5.74, 6) is 0. The lowest BCUT2D eigenvalue weighted by Gasteiger charge is -2.16. The maximum absolute atomic E-state index is 12.6. The molecule has 0 spiro atoms. The van der Waals surface area contributed by atoms with Gasteiger partial charge in [-0.2, -0.15) is 0 Å². The van der Waals surface area contributed by atoms with E-state index >= 15 is 0 Å². The molecule has 1 fully saturated rings. The van der Waals surface area contributed by atoms with E-state index in [1.54, 1.807) is 17.7 Å². The summed E-state index contributed by atoms with van der Waals surface area (Å²) in [4.78, 5) is 25.0. The van der Waals surface area contributed by atoms with Crippen LogP contribution in [0.5, 0.6) is 0 Å². The van der Waals surface area contributed by atoms with Crippen molar-refractivity contribution in [3.8, 4) is 0 Å². The standard InChI is InChI=1S/C14H17N3O2/c1-9-4-3-5-11-12(9)16(2)14(19)17(13(11)18)10-6-7-15-8-10/h3-5,10,15H,6-8H2,1-2H3. The minimum absolute atomic E-state index is 0.0314. The molecule has 0 saturated carbocycles. The zero-order valence-corrected chi connectivity index (χ0v) is 11.1. The highest BCUT2D eigenvalue weighted by Crippen LogP contribution is 2.15. The summed E-state index contributed by atoms with van der Waals surface area (Å²) in [6.45, 7) is 3.46. The number of para-hydroxylation sites is 1. The zero-order valence-electron chi connectivity index (χ0n) is 11.1. The Morgan fingerprint density at radius 3 is 2.79 bits per heavy atom. The highest BCUT2D eigenvalue weighted by molar-refractivity contribution is 5.81. The zero-order chi connectivity index (χ0) is 13.6. The number of nitrogens with zero attached hydrogens (tertiary/aromatic N) is 2. The topological polar surface area (TPSA) is 56.0 Å². The molecule has 0 bridgehead atoms. The van der Waals surface area contributed by atoms with Crippen LogP contribution in [0.15, 0.2) is 27.8 Å². The van der Waals surface area contributed by atoms with Crippen LogP contribution in [0.4, 0.5) is 0 Å². The maximum atomic E-state index is 12.6. The van der Waals surface area contributed by atoms with Gasteiger partial charge in [0.2, 0.25) is 0 Å². The summed E-state index contributed by atoms with van der Waals surface area (Å²) < 4.78 is 2.99. The predicted molar refractivity (Wildman–Crippen MR) is 74.7 cm³/mol. The van der Waals surface area contributed by atoms with Gasteiger partial charge in [0.1, 0.15) is 0 Å². The van der Waals surface area contributed by atoms with E-state index in [-0.39, 0.29) is 17.3 Å². The van der Waals surface area contributed by atoms with Crippen molar-refractivity contribution in [2.24, 2.45) is 7.05 Å². The van der Waals surface area contributed by atoms with Gasteiger partial charge in [-0.05, 0) is 31.5 Å². The van der Waals surface area contributed by atoms with Crippen molar-refractivity contribution in [2.75, 3.05) is 13.1 Å². The fourth-order valence-corrected chi connectivity index (χ4v) is 2.93. The average Bonchev–Trinajstić information content (AvgIpc) is 2.90. The van der Waals surface area contributed by atoms with E-state index < -0.39 is 0 Å². The lowest BCUT2D eigenvalue weighted by Crippen LogP contribution is -2.42. The van der Waals surface area contributed by atoms with Crippen molar-refractivity contribution in [3.63, 3.8) is 0 Å². The van der Waals surface area contributed by atoms with E-state index in [4.69, 9.17) is 0 Å². The van der Waals surface area contributed by atoms with Crippen molar-refractivity contribution < 1.29 is 0 Å². The van der Waals surface area contributed by atoms with E-state index in [0.29, 0.717) is 11.9 Å². The van der Waals surface area contributed by atoms with Gasteiger partial charge in [0.15, 0.2) is 0 Å². The first kappa shape index (κ1) is 12.2. The SMILES string of the molecule is Cc1cccc2c(=O)n(C3CCNC3)c(=O)n(C)c12. The number of hydrogen-bond donors (Lipinski definition) is 1. The van der Waals surface area contributed by atoms with Crippen LogP contribution in [-0.2, 0) is 7.05 Å². The van der Waals surface area contributed by atoms with Crippen LogP contribution in [0.25, 0.3) is 10.9 Å². The van der Waals surface area contributed by atoms with Crippen LogP contribution in [0.2, 0.25) is 0 Å². The van der Waals surface area contributed by atoms with Gasteiger partial charge >= 0.3 is 5.69 Å². The number of rotatable bonds is 1. The second-order valence-electron chi connectivity index (χ2n) is 5.13. The molecule has 1 saturated heterocycles. The smallest absolute Gasteiger partial charge is 0.315 e. The fourth-order valence-electron chi connectivity index (χ4n) is 2.93. The van der Waals surface area contributed by atoms with Crippen LogP contribution in [-0.4, -0.2) is 22.2 Å². The number of fused-ring (bicyclic) bond motifs is 1. The second-order valence-corrected chi connectivity index (χ2v) is 5.13. The average molecular weight is 259 g/mol. The van der Waals surface area contributed by atoms with Crippen molar-refractivity contribution in [1.29, 1.82) is 0 Å². The Morgan fingerprint density at radius 2 is 2.11 bits per heavy atom. The molecular weight excluding hydrogens is 242 g/mol. The monoisotopic (exact) mass is 259 g/mol. The molecule has 0 radical (unpaired) electrons. The molecule has 0 amide bonds. The van der Waals surface area contributed by atoms with E-state index in [1.165, 1.54) is 4.57 Å². The third-order valence-corrected chi connectivity index (χ3v) is 3.91. The molecule has 1 aliphatic rings. The molecule has 1 N–H and O–H groups in total. The second kappa shape index (κ2) is 4.35. The van der Waals surface area contributed by atoms with Crippen LogP contribution in [0.3, 0.4) is 0 Å². The minimum Gasteiger partial charge on any atom is -0.315 e. The predicted octanol–water partition coefficient (Wildman–Crippen LogP) is 0.543. The van der Waals surface area contributed by atoms with Crippen molar-refractivity contribution in [1.82, 2.24) is 14.5 Å². The van der Waals surface area contributed by atoms with Gasteiger partial charge in [-0.3, -0.25) is 13.9 Å². The summed E-state index contributed by atoms with van der Waals surface area (Å²) in [5.41, 5.74) is 1.29. The molecule has 1 aliphatic heterocycles. The first-order valence-corrected chi connectivity index (χ1v) is 6.53. The number of benzene rings is 1. The highest BCUT2D eigenvalue weighted by atomic mass is 16.2. The normalized spacial score (nSPS) is 19.2. The molecule has 1 atom stereocenters. The number of aryl methyl sites for hydroxylation is 2. The summed E-state index contributed by atoms with van der Waals surface area (Å²) in [7, 11) is 1.73. The lowest BCUT2D eigenvalue weighted by molar-refractivity contribution is 0.493. The van der Waals surface area contributed by atoms with Gasteiger partial charge in [-0.1, -0.05) is 12.1 Å². The Bertz CT molecular complexity index is 752. The molecule has 100 valence electrons. The maximum Gasteiger partial charge on any atom is 0.331 e. The van der Waals surface area contributed by atoms with Crippen LogP contribution < -0.4 is 16.6 Å². The Labute approximate surface area is 110 Å². The molecule has 1 aromatic carbocycles. The quantitative estimate of drug-likeness (QED) is 0.813. The van der Waals surface area contributed by atoms with Gasteiger partial charge in [-0.15, -0.1) is 0 Å². The summed E-state index contributed by atoms with van der Waals surface area (Å²) in [6.07, 6.45) is 0.826. The summed E-state index contributed by atoms with van der Waals surface area (Å²) in [5, 5.41) is 3.82. The summed E-state index contributed by atoms with van der Waals surface area (Å²) >= 11 is 0. The Kier molecular flexibility index (Phi) is 2.78. The molecule has 5 nitrogen and oxygen atoms in total. The molecular formula is C14H17N3O2. The van der Waals surface area contributed by atoms with Crippen molar-refractivity contribution in [3.05, 3.63) is 44.6 Å². The molecule has 3 rings (SSSR count). The number of aromatic nitrogens is 2. The van der Waals surface area contributed by atoms with Gasteiger partial charge in [0.25, 0.3) is 5.56 Å². The Balaban J connectivity index is 2.42. The third-order valence-electron chi connectivity index (χ3n) is 3.91. The Hall–Kier alpha value is -1.88. The fraction of sp³-hybridized carbons (Fsp3) is 0.429. The Morgan fingerprint density at radius 1 is 1.32 bits per heavy atom. The van der Waals surface area contributed by atoms with Crippen molar-refractivity contribution in [2.45, 2.75) is 19.4 Å². The van der Waals surface area contributed by atoms with E-state index in [9.17, 15) is 9.59 Å².